The Balaban J connectivity index is 1.59. The number of hydrogen-bond donors (Lipinski definition) is 1. The minimum atomic E-state index is -0.142. The molecular formula is C19H15BrN2O2. The van der Waals surface area contributed by atoms with E-state index in [1.807, 2.05) is 48.5 Å². The summed E-state index contributed by atoms with van der Waals surface area (Å²) in [6, 6.07) is 18.8. The standard InChI is InChI=1S/C19H15BrN2O2/c20-17-5-1-2-6-18(17)24-16-9-7-14(8-10-16)12-22-19(23)15-4-3-11-21-13-15/h1-11,13H,12H2,(H,22,23). The topological polar surface area (TPSA) is 51.2 Å². The van der Waals surface area contributed by atoms with Crippen LogP contribution >= 0.6 is 15.9 Å². The highest BCUT2D eigenvalue weighted by molar-refractivity contribution is 9.10. The summed E-state index contributed by atoms with van der Waals surface area (Å²) in [4.78, 5) is 15.9. The van der Waals surface area contributed by atoms with E-state index in [2.05, 4.69) is 26.2 Å². The van der Waals surface area contributed by atoms with Gasteiger partial charge in [-0.05, 0) is 57.9 Å². The Hall–Kier alpha value is -2.66. The van der Waals surface area contributed by atoms with Crippen molar-refractivity contribution < 1.29 is 9.53 Å². The molecule has 0 aliphatic rings. The summed E-state index contributed by atoms with van der Waals surface area (Å²) in [6.07, 6.45) is 3.19. The first-order chi connectivity index (χ1) is 11.7. The van der Waals surface area contributed by atoms with E-state index >= 15 is 0 Å². The van der Waals surface area contributed by atoms with Crippen LogP contribution in [0.2, 0.25) is 0 Å². The molecule has 1 heterocycles. The molecule has 2 aromatic carbocycles. The Kier molecular flexibility index (Phi) is 5.23. The molecule has 0 radical (unpaired) electrons. The molecule has 3 rings (SSSR count). The largest absolute Gasteiger partial charge is 0.456 e. The van der Waals surface area contributed by atoms with Crippen LogP contribution in [0.5, 0.6) is 11.5 Å². The fourth-order valence-corrected chi connectivity index (χ4v) is 2.48. The maximum atomic E-state index is 12.0. The summed E-state index contributed by atoms with van der Waals surface area (Å²) in [5, 5.41) is 2.87. The zero-order chi connectivity index (χ0) is 16.8. The third-order valence-electron chi connectivity index (χ3n) is 3.36. The van der Waals surface area contributed by atoms with E-state index in [1.165, 1.54) is 0 Å². The number of carbonyl (C=O) groups is 1. The molecule has 0 unspecified atom stereocenters. The van der Waals surface area contributed by atoms with Crippen LogP contribution < -0.4 is 10.1 Å². The first-order valence-electron chi connectivity index (χ1n) is 7.42. The van der Waals surface area contributed by atoms with Crippen LogP contribution in [-0.2, 0) is 6.54 Å². The number of nitrogens with zero attached hydrogens (tertiary/aromatic N) is 1. The summed E-state index contributed by atoms with van der Waals surface area (Å²) in [5.41, 5.74) is 1.54. The van der Waals surface area contributed by atoms with E-state index in [0.29, 0.717) is 12.1 Å². The van der Waals surface area contributed by atoms with Gasteiger partial charge in [-0.15, -0.1) is 0 Å². The first-order valence-corrected chi connectivity index (χ1v) is 8.21. The van der Waals surface area contributed by atoms with Gasteiger partial charge in [-0.1, -0.05) is 24.3 Å². The Morgan fingerprint density at radius 1 is 1.04 bits per heavy atom. The van der Waals surface area contributed by atoms with Gasteiger partial charge >= 0.3 is 0 Å². The third kappa shape index (κ3) is 4.20. The van der Waals surface area contributed by atoms with E-state index in [-0.39, 0.29) is 5.91 Å². The number of amides is 1. The Bertz CT molecular complexity index is 820. The van der Waals surface area contributed by atoms with Gasteiger partial charge in [0.05, 0.1) is 10.0 Å². The van der Waals surface area contributed by atoms with Crippen molar-refractivity contribution in [2.24, 2.45) is 0 Å². The van der Waals surface area contributed by atoms with Gasteiger partial charge in [-0.25, -0.2) is 0 Å². The summed E-state index contributed by atoms with van der Waals surface area (Å²) < 4.78 is 6.72. The lowest BCUT2D eigenvalue weighted by Crippen LogP contribution is -2.22. The van der Waals surface area contributed by atoms with Crippen molar-refractivity contribution in [3.8, 4) is 11.5 Å². The molecule has 1 amide bonds. The normalized spacial score (nSPS) is 10.2. The molecule has 24 heavy (non-hydrogen) atoms. The molecule has 1 N–H and O–H groups in total. The van der Waals surface area contributed by atoms with Gasteiger partial charge in [0.1, 0.15) is 11.5 Å². The molecule has 0 atom stereocenters. The van der Waals surface area contributed by atoms with Crippen molar-refractivity contribution >= 4 is 21.8 Å². The van der Waals surface area contributed by atoms with Crippen LogP contribution in [0.3, 0.4) is 0 Å². The van der Waals surface area contributed by atoms with Gasteiger partial charge < -0.3 is 10.1 Å². The van der Waals surface area contributed by atoms with E-state index in [1.54, 1.807) is 24.5 Å². The molecule has 0 aliphatic carbocycles. The van der Waals surface area contributed by atoms with Crippen molar-refractivity contribution in [1.82, 2.24) is 10.3 Å². The van der Waals surface area contributed by atoms with Crippen LogP contribution in [-0.4, -0.2) is 10.9 Å². The minimum Gasteiger partial charge on any atom is -0.456 e. The lowest BCUT2D eigenvalue weighted by Gasteiger charge is -2.09. The second-order valence-corrected chi connectivity index (χ2v) is 5.96. The van der Waals surface area contributed by atoms with E-state index in [9.17, 15) is 4.79 Å². The first kappa shape index (κ1) is 16.2. The molecule has 4 nitrogen and oxygen atoms in total. The van der Waals surface area contributed by atoms with Crippen molar-refractivity contribution in [2.45, 2.75) is 6.54 Å². The van der Waals surface area contributed by atoms with E-state index < -0.39 is 0 Å². The molecule has 120 valence electrons. The smallest absolute Gasteiger partial charge is 0.253 e. The number of halogens is 1. The average Bonchev–Trinajstić information content (AvgIpc) is 2.63. The molecule has 0 spiro atoms. The molecule has 1 aromatic heterocycles. The zero-order valence-corrected chi connectivity index (χ0v) is 14.4. The summed E-state index contributed by atoms with van der Waals surface area (Å²) in [6.45, 7) is 0.447. The molecule has 0 fully saturated rings. The van der Waals surface area contributed by atoms with E-state index in [4.69, 9.17) is 4.74 Å². The quantitative estimate of drug-likeness (QED) is 0.703. The predicted octanol–water partition coefficient (Wildman–Crippen LogP) is 4.57. The molecular weight excluding hydrogens is 368 g/mol. The highest BCUT2D eigenvalue weighted by Gasteiger charge is 2.05. The average molecular weight is 383 g/mol. The lowest BCUT2D eigenvalue weighted by molar-refractivity contribution is 0.0950. The Labute approximate surface area is 148 Å². The molecule has 0 bridgehead atoms. The van der Waals surface area contributed by atoms with Crippen LogP contribution in [0.4, 0.5) is 0 Å². The summed E-state index contributed by atoms with van der Waals surface area (Å²) >= 11 is 3.45. The SMILES string of the molecule is O=C(NCc1ccc(Oc2ccccc2Br)cc1)c1cccnc1. The van der Waals surface area contributed by atoms with Gasteiger partial charge in [-0.2, -0.15) is 0 Å². The van der Waals surface area contributed by atoms with Crippen molar-refractivity contribution in [1.29, 1.82) is 0 Å². The summed E-state index contributed by atoms with van der Waals surface area (Å²) in [7, 11) is 0. The number of pyridine rings is 1. The number of aromatic nitrogens is 1. The number of rotatable bonds is 5. The molecule has 5 heteroatoms. The number of ether oxygens (including phenoxy) is 1. The summed E-state index contributed by atoms with van der Waals surface area (Å²) in [5.74, 6) is 1.36. The predicted molar refractivity (Wildman–Crippen MR) is 96.1 cm³/mol. The van der Waals surface area contributed by atoms with Crippen LogP contribution in [0.15, 0.2) is 77.5 Å². The van der Waals surface area contributed by atoms with Gasteiger partial charge in [-0.3, -0.25) is 9.78 Å². The monoisotopic (exact) mass is 382 g/mol. The van der Waals surface area contributed by atoms with Gasteiger partial charge in [0.15, 0.2) is 0 Å². The fourth-order valence-electron chi connectivity index (χ4n) is 2.11. The number of hydrogen-bond acceptors (Lipinski definition) is 3. The van der Waals surface area contributed by atoms with Crippen molar-refractivity contribution in [3.63, 3.8) is 0 Å². The number of nitrogens with one attached hydrogen (secondary N) is 1. The number of benzene rings is 2. The highest BCUT2D eigenvalue weighted by atomic mass is 79.9. The molecule has 0 aliphatic heterocycles. The Morgan fingerprint density at radius 3 is 2.54 bits per heavy atom. The maximum Gasteiger partial charge on any atom is 0.253 e. The van der Waals surface area contributed by atoms with Crippen LogP contribution in [0.1, 0.15) is 15.9 Å². The van der Waals surface area contributed by atoms with Gasteiger partial charge in [0.25, 0.3) is 5.91 Å². The lowest BCUT2D eigenvalue weighted by atomic mass is 10.2. The van der Waals surface area contributed by atoms with Crippen LogP contribution in [0, 0.1) is 0 Å². The second-order valence-electron chi connectivity index (χ2n) is 5.10. The number of carbonyl (C=O) groups excluding carboxylic acids is 1. The van der Waals surface area contributed by atoms with Crippen molar-refractivity contribution in [2.75, 3.05) is 0 Å². The number of para-hydroxylation sites is 1. The Morgan fingerprint density at radius 2 is 1.83 bits per heavy atom. The highest BCUT2D eigenvalue weighted by Crippen LogP contribution is 2.29. The van der Waals surface area contributed by atoms with Gasteiger partial charge in [0, 0.05) is 18.9 Å². The van der Waals surface area contributed by atoms with Crippen LogP contribution in [0.25, 0.3) is 0 Å². The molecule has 0 saturated heterocycles. The van der Waals surface area contributed by atoms with Gasteiger partial charge in [0.2, 0.25) is 0 Å². The van der Waals surface area contributed by atoms with E-state index in [0.717, 1.165) is 21.5 Å². The molecule has 0 saturated carbocycles. The molecule has 3 aromatic rings. The second kappa shape index (κ2) is 7.75. The van der Waals surface area contributed by atoms with Crippen molar-refractivity contribution in [3.05, 3.63) is 88.7 Å². The zero-order valence-electron chi connectivity index (χ0n) is 12.8. The maximum absolute atomic E-state index is 12.0. The third-order valence-corrected chi connectivity index (χ3v) is 4.02. The fraction of sp³-hybridized carbons (Fsp3) is 0.0526. The minimum absolute atomic E-state index is 0.142.